The van der Waals surface area contributed by atoms with Crippen LogP contribution in [0, 0.1) is 18.3 Å². The van der Waals surface area contributed by atoms with Gasteiger partial charge in [0.25, 0.3) is 0 Å². The number of rotatable bonds is 3. The lowest BCUT2D eigenvalue weighted by molar-refractivity contribution is -0.117. The summed E-state index contributed by atoms with van der Waals surface area (Å²) >= 11 is 0. The van der Waals surface area contributed by atoms with E-state index >= 15 is 0 Å². The van der Waals surface area contributed by atoms with E-state index in [1.807, 2.05) is 73.5 Å². The zero-order valence-electron chi connectivity index (χ0n) is 17.6. The summed E-state index contributed by atoms with van der Waals surface area (Å²) in [6.45, 7) is 2.02. The van der Waals surface area contributed by atoms with Crippen LogP contribution < -0.4 is 5.73 Å². The van der Waals surface area contributed by atoms with E-state index in [0.29, 0.717) is 29.8 Å². The monoisotopic (exact) mass is 398 g/mol. The molecule has 2 atom stereocenters. The van der Waals surface area contributed by atoms with Crippen molar-refractivity contribution in [1.29, 1.82) is 5.26 Å². The SMILES string of the molecule is Cc1ccc(C2C(C#N)=C(N)N(N(C)C)C3=C2C(=O)CC(c2ccccc2)C3)cc1. The number of nitrogens with zero attached hydrogens (tertiary/aromatic N) is 3. The quantitative estimate of drug-likeness (QED) is 0.847. The predicted molar refractivity (Wildman–Crippen MR) is 117 cm³/mol. The van der Waals surface area contributed by atoms with Crippen molar-refractivity contribution in [1.82, 2.24) is 10.0 Å². The van der Waals surface area contributed by atoms with Gasteiger partial charge in [-0.1, -0.05) is 60.2 Å². The molecule has 0 fully saturated rings. The lowest BCUT2D eigenvalue weighted by atomic mass is 9.72. The number of Topliss-reactive ketones (excluding diaryl/α,β-unsaturated/α-hetero) is 1. The molecule has 0 saturated heterocycles. The van der Waals surface area contributed by atoms with E-state index in [4.69, 9.17) is 5.73 Å². The molecule has 30 heavy (non-hydrogen) atoms. The van der Waals surface area contributed by atoms with Crippen molar-refractivity contribution in [2.24, 2.45) is 5.73 Å². The van der Waals surface area contributed by atoms with Gasteiger partial charge in [0.2, 0.25) is 0 Å². The van der Waals surface area contributed by atoms with Crippen LogP contribution in [0.5, 0.6) is 0 Å². The Morgan fingerprint density at radius 1 is 1.03 bits per heavy atom. The molecular formula is C25H26N4O. The maximum atomic E-state index is 13.5. The van der Waals surface area contributed by atoms with E-state index in [9.17, 15) is 10.1 Å². The number of carbonyl (C=O) groups is 1. The van der Waals surface area contributed by atoms with Gasteiger partial charge in [-0.15, -0.1) is 0 Å². The number of aryl methyl sites for hydroxylation is 1. The molecule has 5 heteroatoms. The predicted octanol–water partition coefficient (Wildman–Crippen LogP) is 3.97. The van der Waals surface area contributed by atoms with Gasteiger partial charge in [-0.25, -0.2) is 5.01 Å². The normalized spacial score (nSPS) is 21.7. The maximum absolute atomic E-state index is 13.5. The van der Waals surface area contributed by atoms with Crippen molar-refractivity contribution in [3.8, 4) is 6.07 Å². The summed E-state index contributed by atoms with van der Waals surface area (Å²) in [6, 6.07) is 20.5. The molecule has 0 bridgehead atoms. The lowest BCUT2D eigenvalue weighted by Gasteiger charge is -2.43. The van der Waals surface area contributed by atoms with E-state index in [1.54, 1.807) is 0 Å². The highest BCUT2D eigenvalue weighted by atomic mass is 16.1. The lowest BCUT2D eigenvalue weighted by Crippen LogP contribution is -2.46. The number of benzene rings is 2. The summed E-state index contributed by atoms with van der Waals surface area (Å²) in [5.74, 6) is 0.150. The van der Waals surface area contributed by atoms with Gasteiger partial charge in [-0.3, -0.25) is 9.80 Å². The Morgan fingerprint density at radius 2 is 1.70 bits per heavy atom. The molecule has 0 aromatic heterocycles. The Morgan fingerprint density at radius 3 is 2.30 bits per heavy atom. The first-order valence-electron chi connectivity index (χ1n) is 10.2. The van der Waals surface area contributed by atoms with Crippen molar-refractivity contribution in [3.05, 3.63) is 94.0 Å². The van der Waals surface area contributed by atoms with Crippen LogP contribution in [0.1, 0.15) is 41.4 Å². The first-order valence-corrected chi connectivity index (χ1v) is 10.2. The molecule has 2 unspecified atom stereocenters. The van der Waals surface area contributed by atoms with Gasteiger partial charge in [0.05, 0.1) is 17.6 Å². The summed E-state index contributed by atoms with van der Waals surface area (Å²) < 4.78 is 0. The second kappa shape index (κ2) is 7.81. The topological polar surface area (TPSA) is 73.4 Å². The highest BCUT2D eigenvalue weighted by Gasteiger charge is 2.43. The average molecular weight is 399 g/mol. The second-order valence-electron chi connectivity index (χ2n) is 8.21. The Balaban J connectivity index is 1.89. The maximum Gasteiger partial charge on any atom is 0.162 e. The van der Waals surface area contributed by atoms with Crippen molar-refractivity contribution >= 4 is 5.78 Å². The van der Waals surface area contributed by atoms with Crippen LogP contribution in [0.15, 0.2) is 77.3 Å². The Kier molecular flexibility index (Phi) is 5.19. The summed E-state index contributed by atoms with van der Waals surface area (Å²) in [5.41, 5.74) is 11.8. The van der Waals surface area contributed by atoms with Crippen LogP contribution in [0.4, 0.5) is 0 Å². The van der Waals surface area contributed by atoms with E-state index in [-0.39, 0.29) is 11.7 Å². The zero-order valence-corrected chi connectivity index (χ0v) is 17.6. The van der Waals surface area contributed by atoms with Gasteiger partial charge in [-0.2, -0.15) is 5.26 Å². The van der Waals surface area contributed by atoms with E-state index in [1.165, 1.54) is 0 Å². The summed E-state index contributed by atoms with van der Waals surface area (Å²) in [7, 11) is 3.77. The molecule has 2 aromatic carbocycles. The molecule has 1 aliphatic carbocycles. The first-order chi connectivity index (χ1) is 14.4. The van der Waals surface area contributed by atoms with Crippen molar-refractivity contribution in [3.63, 3.8) is 0 Å². The number of hydrazine groups is 1. The Hall–Kier alpha value is -3.36. The van der Waals surface area contributed by atoms with Crippen LogP contribution in [0.2, 0.25) is 0 Å². The third-order valence-electron chi connectivity index (χ3n) is 6.02. The van der Waals surface area contributed by atoms with Crippen LogP contribution >= 0.6 is 0 Å². The Labute approximate surface area is 177 Å². The highest BCUT2D eigenvalue weighted by molar-refractivity contribution is 6.00. The van der Waals surface area contributed by atoms with Crippen LogP contribution in [-0.4, -0.2) is 29.9 Å². The fraction of sp³-hybridized carbons (Fsp3) is 0.280. The van der Waals surface area contributed by atoms with Gasteiger partial charge in [0.15, 0.2) is 5.78 Å². The van der Waals surface area contributed by atoms with Gasteiger partial charge in [-0.05, 0) is 30.4 Å². The standard InChI is InChI=1S/C25H26N4O/c1-16-9-11-18(12-10-16)23-20(15-26)25(27)29(28(2)3)21-13-19(14-22(30)24(21)23)17-7-5-4-6-8-17/h4-12,19,23H,13-14,27H2,1-3H3. The Bertz CT molecular complexity index is 1070. The van der Waals surface area contributed by atoms with Crippen LogP contribution in [0.3, 0.4) is 0 Å². The number of hydrogen-bond acceptors (Lipinski definition) is 5. The average Bonchev–Trinajstić information content (AvgIpc) is 2.73. The molecule has 0 spiro atoms. The summed E-state index contributed by atoms with van der Waals surface area (Å²) in [6.07, 6.45) is 1.14. The van der Waals surface area contributed by atoms with E-state index < -0.39 is 5.92 Å². The fourth-order valence-electron chi connectivity index (χ4n) is 4.62. The molecule has 4 rings (SSSR count). The number of nitriles is 1. The molecule has 5 nitrogen and oxygen atoms in total. The van der Waals surface area contributed by atoms with Crippen LogP contribution in [0.25, 0.3) is 0 Å². The second-order valence-corrected chi connectivity index (χ2v) is 8.21. The molecule has 152 valence electrons. The molecule has 0 amide bonds. The van der Waals surface area contributed by atoms with Crippen molar-refractivity contribution in [2.75, 3.05) is 14.1 Å². The number of hydrogen-bond donors (Lipinski definition) is 1. The minimum Gasteiger partial charge on any atom is -0.383 e. The minimum atomic E-state index is -0.425. The summed E-state index contributed by atoms with van der Waals surface area (Å²) in [5, 5.41) is 13.7. The van der Waals surface area contributed by atoms with Crippen molar-refractivity contribution in [2.45, 2.75) is 31.6 Å². The smallest absolute Gasteiger partial charge is 0.162 e. The molecule has 1 heterocycles. The van der Waals surface area contributed by atoms with E-state index in [2.05, 4.69) is 18.2 Å². The van der Waals surface area contributed by atoms with E-state index in [0.717, 1.165) is 22.4 Å². The molecule has 2 aromatic rings. The first kappa shape index (κ1) is 19.9. The molecule has 2 N–H and O–H groups in total. The van der Waals surface area contributed by atoms with Gasteiger partial charge >= 0.3 is 0 Å². The molecular weight excluding hydrogens is 372 g/mol. The highest BCUT2D eigenvalue weighted by Crippen LogP contribution is 2.48. The number of ketones is 1. The van der Waals surface area contributed by atoms with Gasteiger partial charge < -0.3 is 5.73 Å². The van der Waals surface area contributed by atoms with Gasteiger partial charge in [0, 0.05) is 31.8 Å². The molecule has 2 aliphatic rings. The molecule has 0 saturated carbocycles. The molecule has 0 radical (unpaired) electrons. The number of carbonyl (C=O) groups excluding carboxylic acids is 1. The van der Waals surface area contributed by atoms with Crippen molar-refractivity contribution < 1.29 is 4.79 Å². The van der Waals surface area contributed by atoms with Crippen LogP contribution in [-0.2, 0) is 4.79 Å². The number of allylic oxidation sites excluding steroid dienone is 3. The zero-order chi connectivity index (χ0) is 21.4. The largest absolute Gasteiger partial charge is 0.383 e. The third kappa shape index (κ3) is 3.30. The minimum absolute atomic E-state index is 0.0859. The molecule has 1 aliphatic heterocycles. The fourth-order valence-corrected chi connectivity index (χ4v) is 4.62. The number of nitrogens with two attached hydrogens (primary N) is 1. The third-order valence-corrected chi connectivity index (χ3v) is 6.02. The van der Waals surface area contributed by atoms with Gasteiger partial charge in [0.1, 0.15) is 5.82 Å². The summed E-state index contributed by atoms with van der Waals surface area (Å²) in [4.78, 5) is 13.5.